The molecule has 4 nitrogen and oxygen atoms in total. The molecule has 55 heavy (non-hydrogen) atoms. The number of unbranched alkanes of at least 4 members (excludes halogenated alkanes) is 12. The van der Waals surface area contributed by atoms with E-state index >= 15 is 9.59 Å². The third-order valence-electron chi connectivity index (χ3n) is 11.6. The molecule has 2 aromatic heterocycles. The summed E-state index contributed by atoms with van der Waals surface area (Å²) >= 11 is 3.25. The number of fused-ring (bicyclic) bond motifs is 1. The van der Waals surface area contributed by atoms with Gasteiger partial charge < -0.3 is 9.80 Å². The fourth-order valence-corrected chi connectivity index (χ4v) is 9.83. The molecule has 0 bridgehead atoms. The standard InChI is InChI=1S/C49H70N2O2S2/c1-9-11-13-15-17-18-20-22-26-36(25-21-19-16-14-12-10-2)34-50-44(40-27-23-29-54-40)42-43(46(50)52)45(41-28-24-30-55-41)51(47(42)53)35-37-31-38(48(3,4)5)33-39(32-37)49(6,7)8/h23-24,27-33,36H,9-22,25-26,34-35H2,1-8H3. The molecule has 0 N–H and O–H groups in total. The van der Waals surface area contributed by atoms with Gasteiger partial charge in [0.1, 0.15) is 0 Å². The lowest BCUT2D eigenvalue weighted by atomic mass is 9.79. The molecule has 1 unspecified atom stereocenters. The number of rotatable bonds is 22. The highest BCUT2D eigenvalue weighted by Crippen LogP contribution is 2.49. The molecule has 0 saturated carbocycles. The molecule has 0 radical (unpaired) electrons. The van der Waals surface area contributed by atoms with Crippen LogP contribution in [-0.2, 0) is 27.0 Å². The Labute approximate surface area is 342 Å². The molecule has 1 atom stereocenters. The summed E-state index contributed by atoms with van der Waals surface area (Å²) in [5.41, 5.74) is 6.37. The van der Waals surface area contributed by atoms with E-state index in [1.54, 1.807) is 22.7 Å². The molecule has 4 heterocycles. The predicted octanol–water partition coefficient (Wildman–Crippen LogP) is 14.3. The SMILES string of the molecule is CCCCCCCCCCC(CCCCCCCC)CN1C(=O)C2=C(c3cccs3)N(Cc3cc(C(C)(C)C)cc(C(C)(C)C)c3)C(=O)C2=C1c1cccs1. The molecule has 2 aliphatic rings. The van der Waals surface area contributed by atoms with Crippen LogP contribution in [-0.4, -0.2) is 28.2 Å². The van der Waals surface area contributed by atoms with Crippen LogP contribution in [0.1, 0.15) is 185 Å². The number of thiophene rings is 2. The molecule has 6 heteroatoms. The zero-order valence-electron chi connectivity index (χ0n) is 35.5. The van der Waals surface area contributed by atoms with Crippen LogP contribution in [0.15, 0.2) is 64.4 Å². The van der Waals surface area contributed by atoms with Gasteiger partial charge in [0.2, 0.25) is 0 Å². The van der Waals surface area contributed by atoms with E-state index in [-0.39, 0.29) is 22.6 Å². The highest BCUT2D eigenvalue weighted by atomic mass is 32.1. The van der Waals surface area contributed by atoms with E-state index in [0.29, 0.717) is 30.2 Å². The van der Waals surface area contributed by atoms with Crippen molar-refractivity contribution in [3.8, 4) is 0 Å². The van der Waals surface area contributed by atoms with Gasteiger partial charge in [0.25, 0.3) is 11.8 Å². The maximum Gasteiger partial charge on any atom is 0.261 e. The van der Waals surface area contributed by atoms with Gasteiger partial charge in [0.15, 0.2) is 0 Å². The first-order valence-corrected chi connectivity index (χ1v) is 23.5. The van der Waals surface area contributed by atoms with Crippen molar-refractivity contribution >= 4 is 45.9 Å². The fraction of sp³-hybridized carbons (Fsp3) is 0.592. The molecule has 0 aliphatic carbocycles. The molecule has 2 aliphatic heterocycles. The van der Waals surface area contributed by atoms with Gasteiger partial charge >= 0.3 is 0 Å². The van der Waals surface area contributed by atoms with Crippen LogP contribution < -0.4 is 0 Å². The zero-order valence-corrected chi connectivity index (χ0v) is 37.2. The first kappa shape index (κ1) is 43.2. The van der Waals surface area contributed by atoms with E-state index in [4.69, 9.17) is 0 Å². The second-order valence-electron chi connectivity index (χ2n) is 18.3. The summed E-state index contributed by atoms with van der Waals surface area (Å²) in [7, 11) is 0. The topological polar surface area (TPSA) is 40.6 Å². The average Bonchev–Trinajstić information content (AvgIpc) is 3.95. The predicted molar refractivity (Wildman–Crippen MR) is 237 cm³/mol. The first-order valence-electron chi connectivity index (χ1n) is 21.7. The minimum Gasteiger partial charge on any atom is -0.306 e. The van der Waals surface area contributed by atoms with Gasteiger partial charge in [-0.1, -0.05) is 176 Å². The number of benzene rings is 1. The summed E-state index contributed by atoms with van der Waals surface area (Å²) in [6, 6.07) is 15.1. The molecular formula is C49H70N2O2S2. The number of carbonyl (C=O) groups excluding carboxylic acids is 2. The Balaban J connectivity index is 1.48. The second-order valence-corrected chi connectivity index (χ2v) is 20.2. The quantitative estimate of drug-likeness (QED) is 0.0953. The van der Waals surface area contributed by atoms with Crippen molar-refractivity contribution in [1.29, 1.82) is 0 Å². The largest absolute Gasteiger partial charge is 0.306 e. The molecule has 0 spiro atoms. The van der Waals surface area contributed by atoms with Crippen molar-refractivity contribution in [2.75, 3.05) is 6.54 Å². The van der Waals surface area contributed by atoms with E-state index < -0.39 is 0 Å². The van der Waals surface area contributed by atoms with Gasteiger partial charge in [-0.2, -0.15) is 0 Å². The number of carbonyl (C=O) groups is 2. The maximum atomic E-state index is 15.1. The number of hydrogen-bond acceptors (Lipinski definition) is 4. The van der Waals surface area contributed by atoms with Gasteiger partial charge in [-0.25, -0.2) is 0 Å². The third kappa shape index (κ3) is 11.1. The Hall–Kier alpha value is -2.96. The summed E-state index contributed by atoms with van der Waals surface area (Å²) in [5.74, 6) is 0.365. The van der Waals surface area contributed by atoms with Crippen LogP contribution in [0.5, 0.6) is 0 Å². The monoisotopic (exact) mass is 782 g/mol. The molecule has 3 aromatic rings. The molecule has 0 saturated heterocycles. The smallest absolute Gasteiger partial charge is 0.261 e. The van der Waals surface area contributed by atoms with Crippen LogP contribution in [0, 0.1) is 5.92 Å². The molecule has 1 aromatic carbocycles. The maximum absolute atomic E-state index is 15.1. The van der Waals surface area contributed by atoms with Crippen molar-refractivity contribution < 1.29 is 9.59 Å². The highest BCUT2D eigenvalue weighted by Gasteiger charge is 2.49. The molecule has 5 rings (SSSR count). The van der Waals surface area contributed by atoms with E-state index in [1.807, 2.05) is 15.9 Å². The van der Waals surface area contributed by atoms with E-state index in [1.165, 1.54) is 101 Å². The van der Waals surface area contributed by atoms with Gasteiger partial charge in [-0.15, -0.1) is 22.7 Å². The Morgan fingerprint density at radius 3 is 1.40 bits per heavy atom. The van der Waals surface area contributed by atoms with Gasteiger partial charge in [0.05, 0.1) is 38.8 Å². The Morgan fingerprint density at radius 1 is 0.564 bits per heavy atom. The Kier molecular flexibility index (Phi) is 15.7. The lowest BCUT2D eigenvalue weighted by molar-refractivity contribution is -0.124. The lowest BCUT2D eigenvalue weighted by Crippen LogP contribution is -2.33. The van der Waals surface area contributed by atoms with E-state index in [2.05, 4.69) is 103 Å². The van der Waals surface area contributed by atoms with Crippen molar-refractivity contribution in [3.05, 3.63) is 90.8 Å². The van der Waals surface area contributed by atoms with Crippen molar-refractivity contribution in [1.82, 2.24) is 9.80 Å². The third-order valence-corrected chi connectivity index (χ3v) is 13.4. The van der Waals surface area contributed by atoms with Crippen molar-refractivity contribution in [3.63, 3.8) is 0 Å². The van der Waals surface area contributed by atoms with Crippen molar-refractivity contribution in [2.24, 2.45) is 5.92 Å². The number of amides is 2. The van der Waals surface area contributed by atoms with E-state index in [9.17, 15) is 0 Å². The summed E-state index contributed by atoms with van der Waals surface area (Å²) in [6.45, 7) is 19.2. The van der Waals surface area contributed by atoms with Crippen LogP contribution in [0.25, 0.3) is 11.4 Å². The van der Waals surface area contributed by atoms with Gasteiger partial charge in [0, 0.05) is 6.54 Å². The molecule has 2 amide bonds. The zero-order chi connectivity index (χ0) is 39.6. The van der Waals surface area contributed by atoms with E-state index in [0.717, 1.165) is 39.6 Å². The summed E-state index contributed by atoms with van der Waals surface area (Å²) in [6.07, 6.45) is 20.4. The Morgan fingerprint density at radius 2 is 0.982 bits per heavy atom. The van der Waals surface area contributed by atoms with Gasteiger partial charge in [-0.3, -0.25) is 9.59 Å². The molecule has 0 fully saturated rings. The Bertz CT molecular complexity index is 1720. The first-order chi connectivity index (χ1) is 26.3. The average molecular weight is 783 g/mol. The van der Waals surface area contributed by atoms with Crippen LogP contribution in [0.3, 0.4) is 0 Å². The second kappa shape index (κ2) is 19.9. The summed E-state index contributed by atoms with van der Waals surface area (Å²) in [4.78, 5) is 36.0. The van der Waals surface area contributed by atoms with Gasteiger partial charge in [-0.05, 0) is 69.2 Å². The minimum absolute atomic E-state index is 0.000317. The van der Waals surface area contributed by atoms with Crippen LogP contribution in [0.4, 0.5) is 0 Å². The molecular weight excluding hydrogens is 713 g/mol. The van der Waals surface area contributed by atoms with Crippen molar-refractivity contribution in [2.45, 2.75) is 175 Å². The lowest BCUT2D eigenvalue weighted by Gasteiger charge is -2.29. The number of nitrogens with zero attached hydrogens (tertiary/aromatic N) is 2. The minimum atomic E-state index is -0.0494. The van der Waals surface area contributed by atoms with Crippen LogP contribution >= 0.6 is 22.7 Å². The summed E-state index contributed by atoms with van der Waals surface area (Å²) < 4.78 is 0. The molecule has 300 valence electrons. The highest BCUT2D eigenvalue weighted by molar-refractivity contribution is 7.11. The van der Waals surface area contributed by atoms with Crippen LogP contribution in [0.2, 0.25) is 0 Å². The normalized spacial score (nSPS) is 15.6. The number of hydrogen-bond donors (Lipinski definition) is 0. The summed E-state index contributed by atoms with van der Waals surface area (Å²) in [5, 5.41) is 4.13. The fourth-order valence-electron chi connectivity index (χ4n) is 8.26.